The Morgan fingerprint density at radius 2 is 1.64 bits per heavy atom. The van der Waals surface area contributed by atoms with Gasteiger partial charge in [0.05, 0.1) is 0 Å². The van der Waals surface area contributed by atoms with E-state index in [4.69, 9.17) is 0 Å². The maximum atomic E-state index is 13.3. The molecule has 4 bridgehead atoms. The van der Waals surface area contributed by atoms with Crippen molar-refractivity contribution in [3.8, 4) is 0 Å². The van der Waals surface area contributed by atoms with Crippen LogP contribution >= 0.6 is 0 Å². The second-order valence-corrected chi connectivity index (χ2v) is 10.5. The van der Waals surface area contributed by atoms with Crippen LogP contribution < -0.4 is 10.6 Å². The Morgan fingerprint density at radius 1 is 1.04 bits per heavy atom. The van der Waals surface area contributed by atoms with Crippen LogP contribution in [0.1, 0.15) is 100 Å². The van der Waals surface area contributed by atoms with Crippen LogP contribution in [0.25, 0.3) is 0 Å². The second kappa shape index (κ2) is 7.00. The summed E-state index contributed by atoms with van der Waals surface area (Å²) in [6.45, 7) is 4.27. The Morgan fingerprint density at radius 3 is 2.21 bits per heavy atom. The third-order valence-corrected chi connectivity index (χ3v) is 7.78. The minimum Gasteiger partial charge on any atom is -0.366 e. The second-order valence-electron chi connectivity index (χ2n) is 10.5. The molecule has 28 heavy (non-hydrogen) atoms. The largest absolute Gasteiger partial charge is 0.366 e. The molecule has 1 amide bonds. The molecule has 5 heteroatoms. The summed E-state index contributed by atoms with van der Waals surface area (Å²) < 4.78 is 0. The van der Waals surface area contributed by atoms with Gasteiger partial charge in [-0.1, -0.05) is 26.7 Å². The van der Waals surface area contributed by atoms with Gasteiger partial charge < -0.3 is 10.6 Å². The molecule has 6 rings (SSSR count). The van der Waals surface area contributed by atoms with E-state index in [0.717, 1.165) is 48.4 Å². The van der Waals surface area contributed by atoms with E-state index in [-0.39, 0.29) is 17.4 Å². The molecule has 5 nitrogen and oxygen atoms in total. The van der Waals surface area contributed by atoms with Crippen molar-refractivity contribution in [2.75, 3.05) is 5.32 Å². The van der Waals surface area contributed by atoms with Crippen LogP contribution in [-0.4, -0.2) is 27.7 Å². The molecule has 0 radical (unpaired) electrons. The van der Waals surface area contributed by atoms with Crippen molar-refractivity contribution >= 4 is 11.7 Å². The van der Waals surface area contributed by atoms with Crippen LogP contribution in [0.2, 0.25) is 0 Å². The number of aromatic nitrogens is 2. The number of anilines is 1. The summed E-state index contributed by atoms with van der Waals surface area (Å²) in [6.07, 6.45) is 12.6. The minimum absolute atomic E-state index is 0.00873. The molecule has 2 N–H and O–H groups in total. The molecule has 0 aromatic carbocycles. The van der Waals surface area contributed by atoms with Crippen molar-refractivity contribution in [3.05, 3.63) is 17.3 Å². The number of nitrogens with zero attached hydrogens (tertiary/aromatic N) is 2. The molecule has 1 aromatic heterocycles. The first-order valence-corrected chi connectivity index (χ1v) is 11.5. The van der Waals surface area contributed by atoms with E-state index in [0.29, 0.717) is 11.7 Å². The van der Waals surface area contributed by atoms with Crippen molar-refractivity contribution in [2.24, 2.45) is 17.8 Å². The lowest BCUT2D eigenvalue weighted by atomic mass is 9.53. The van der Waals surface area contributed by atoms with Crippen molar-refractivity contribution in [2.45, 2.75) is 95.6 Å². The topological polar surface area (TPSA) is 66.9 Å². The summed E-state index contributed by atoms with van der Waals surface area (Å²) in [4.78, 5) is 13.3. The molecular weight excluding hydrogens is 348 g/mol. The summed E-state index contributed by atoms with van der Waals surface area (Å²) in [5.74, 6) is 3.52. The van der Waals surface area contributed by atoms with E-state index in [2.05, 4.69) is 40.7 Å². The average Bonchev–Trinajstić information content (AvgIpc) is 3.13. The lowest BCUT2D eigenvalue weighted by Crippen LogP contribution is -2.60. The van der Waals surface area contributed by atoms with E-state index in [1.165, 1.54) is 44.9 Å². The first kappa shape index (κ1) is 18.4. The Bertz CT molecular complexity index is 718. The monoisotopic (exact) mass is 382 g/mol. The Kier molecular flexibility index (Phi) is 4.59. The van der Waals surface area contributed by atoms with E-state index in [1.54, 1.807) is 0 Å². The van der Waals surface area contributed by atoms with E-state index < -0.39 is 0 Å². The van der Waals surface area contributed by atoms with E-state index in [9.17, 15) is 4.79 Å². The quantitative estimate of drug-likeness (QED) is 0.778. The Balaban J connectivity index is 1.35. The van der Waals surface area contributed by atoms with Crippen LogP contribution in [0.3, 0.4) is 0 Å². The van der Waals surface area contributed by atoms with Crippen molar-refractivity contribution in [1.29, 1.82) is 0 Å². The van der Waals surface area contributed by atoms with Gasteiger partial charge in [0.1, 0.15) is 5.82 Å². The van der Waals surface area contributed by atoms with Gasteiger partial charge in [-0.2, -0.15) is 0 Å². The van der Waals surface area contributed by atoms with Crippen molar-refractivity contribution < 1.29 is 4.79 Å². The molecule has 0 spiro atoms. The van der Waals surface area contributed by atoms with Crippen LogP contribution in [0.4, 0.5) is 5.82 Å². The highest BCUT2D eigenvalue weighted by Gasteiger charge is 2.51. The first-order chi connectivity index (χ1) is 13.5. The summed E-state index contributed by atoms with van der Waals surface area (Å²) in [7, 11) is 0. The molecule has 1 aromatic rings. The number of rotatable bonds is 5. The smallest absolute Gasteiger partial charge is 0.272 e. The fourth-order valence-corrected chi connectivity index (χ4v) is 6.94. The SMILES string of the molecule is CC(C)c1cc(NC2CCCC2)nnc1C(=O)NC12CC3CC(CC(C3)C1)C2. The minimum atomic E-state index is -0.00873. The molecule has 0 saturated heterocycles. The highest BCUT2D eigenvalue weighted by Crippen LogP contribution is 2.55. The zero-order valence-electron chi connectivity index (χ0n) is 17.3. The predicted molar refractivity (Wildman–Crippen MR) is 110 cm³/mol. The van der Waals surface area contributed by atoms with E-state index in [1.807, 2.05) is 0 Å². The highest BCUT2D eigenvalue weighted by molar-refractivity contribution is 5.94. The molecule has 0 aliphatic heterocycles. The first-order valence-electron chi connectivity index (χ1n) is 11.5. The fourth-order valence-electron chi connectivity index (χ4n) is 6.94. The predicted octanol–water partition coefficient (Wildman–Crippen LogP) is 4.65. The van der Waals surface area contributed by atoms with Crippen LogP contribution in [0.15, 0.2) is 6.07 Å². The number of nitrogens with one attached hydrogen (secondary N) is 2. The number of carbonyl (C=O) groups is 1. The standard InChI is InChI=1S/C23H34N4O/c1-14(2)19-10-20(24-18-5-3-4-6-18)26-27-21(19)22(28)25-23-11-15-7-16(12-23)9-17(8-15)13-23/h10,14-18H,3-9,11-13H2,1-2H3,(H,24,26)(H,25,28). The molecule has 5 aliphatic carbocycles. The third kappa shape index (κ3) is 3.42. The molecule has 5 aliphatic rings. The van der Waals surface area contributed by atoms with Gasteiger partial charge in [-0.3, -0.25) is 4.79 Å². The molecule has 152 valence electrons. The molecular formula is C23H34N4O. The summed E-state index contributed by atoms with van der Waals surface area (Å²) in [6, 6.07) is 2.56. The number of amides is 1. The summed E-state index contributed by atoms with van der Waals surface area (Å²) >= 11 is 0. The molecule has 1 heterocycles. The normalized spacial score (nSPS) is 34.2. The van der Waals surface area contributed by atoms with Crippen molar-refractivity contribution in [1.82, 2.24) is 15.5 Å². The maximum Gasteiger partial charge on any atom is 0.272 e. The van der Waals surface area contributed by atoms with Crippen LogP contribution in [-0.2, 0) is 0 Å². The molecule has 0 unspecified atom stereocenters. The Labute approximate surface area is 168 Å². The number of carbonyl (C=O) groups excluding carboxylic acids is 1. The van der Waals surface area contributed by atoms with Gasteiger partial charge in [0.15, 0.2) is 5.69 Å². The van der Waals surface area contributed by atoms with Crippen LogP contribution in [0.5, 0.6) is 0 Å². The van der Waals surface area contributed by atoms with Crippen LogP contribution in [0, 0.1) is 17.8 Å². The molecule has 5 saturated carbocycles. The van der Waals surface area contributed by atoms with Gasteiger partial charge in [0.25, 0.3) is 5.91 Å². The molecule has 0 atom stereocenters. The van der Waals surface area contributed by atoms with Gasteiger partial charge in [-0.25, -0.2) is 0 Å². The zero-order chi connectivity index (χ0) is 19.3. The van der Waals surface area contributed by atoms with Gasteiger partial charge >= 0.3 is 0 Å². The third-order valence-electron chi connectivity index (χ3n) is 7.78. The highest BCUT2D eigenvalue weighted by atomic mass is 16.2. The lowest BCUT2D eigenvalue weighted by Gasteiger charge is -2.56. The number of hydrogen-bond acceptors (Lipinski definition) is 4. The van der Waals surface area contributed by atoms with E-state index >= 15 is 0 Å². The fraction of sp³-hybridized carbons (Fsp3) is 0.783. The average molecular weight is 383 g/mol. The number of hydrogen-bond donors (Lipinski definition) is 2. The Hall–Kier alpha value is -1.65. The summed E-state index contributed by atoms with van der Waals surface area (Å²) in [5, 5.41) is 15.8. The molecule has 5 fully saturated rings. The van der Waals surface area contributed by atoms with Gasteiger partial charge in [0, 0.05) is 11.6 Å². The van der Waals surface area contributed by atoms with Gasteiger partial charge in [0.2, 0.25) is 0 Å². The van der Waals surface area contributed by atoms with Crippen molar-refractivity contribution in [3.63, 3.8) is 0 Å². The summed E-state index contributed by atoms with van der Waals surface area (Å²) in [5.41, 5.74) is 1.56. The lowest BCUT2D eigenvalue weighted by molar-refractivity contribution is -0.0168. The van der Waals surface area contributed by atoms with Gasteiger partial charge in [-0.15, -0.1) is 10.2 Å². The van der Waals surface area contributed by atoms with Gasteiger partial charge in [-0.05, 0) is 86.7 Å². The zero-order valence-corrected chi connectivity index (χ0v) is 17.3. The maximum absolute atomic E-state index is 13.3.